The largest absolute Gasteiger partial charge is 0.389 e. The summed E-state index contributed by atoms with van der Waals surface area (Å²) in [6.45, 7) is 0.766. The Kier molecular flexibility index (Phi) is 5.49. The molecule has 5 heteroatoms. The highest BCUT2D eigenvalue weighted by Gasteiger charge is 2.16. The van der Waals surface area contributed by atoms with E-state index in [2.05, 4.69) is 5.32 Å². The van der Waals surface area contributed by atoms with E-state index in [1.807, 2.05) is 0 Å². The summed E-state index contributed by atoms with van der Waals surface area (Å²) < 4.78 is 5.38. The first-order valence-corrected chi connectivity index (χ1v) is 7.33. The van der Waals surface area contributed by atoms with Crippen molar-refractivity contribution in [2.24, 2.45) is 11.7 Å². The van der Waals surface area contributed by atoms with Gasteiger partial charge in [-0.25, -0.2) is 0 Å². The number of anilines is 1. The highest BCUT2D eigenvalue weighted by molar-refractivity contribution is 7.80. The molecular weight excluding hydrogens is 272 g/mol. The summed E-state index contributed by atoms with van der Waals surface area (Å²) in [5.74, 6) is 0.674. The van der Waals surface area contributed by atoms with Crippen molar-refractivity contribution in [3.63, 3.8) is 0 Å². The normalized spacial score (nSPS) is 14.6. The molecule has 1 fully saturated rings. The van der Waals surface area contributed by atoms with Crippen LogP contribution in [0.15, 0.2) is 24.3 Å². The first-order valence-electron chi connectivity index (χ1n) is 6.92. The summed E-state index contributed by atoms with van der Waals surface area (Å²) in [6, 6.07) is 7.13. The van der Waals surface area contributed by atoms with E-state index in [1.165, 1.54) is 19.3 Å². The maximum Gasteiger partial charge on any atom is 0.250 e. The van der Waals surface area contributed by atoms with Crippen LogP contribution in [0.2, 0.25) is 0 Å². The topological polar surface area (TPSA) is 64.3 Å². The number of hydrogen-bond donors (Lipinski definition) is 2. The number of rotatable bonds is 7. The fourth-order valence-electron chi connectivity index (χ4n) is 2.11. The Morgan fingerprint density at radius 1 is 1.35 bits per heavy atom. The quantitative estimate of drug-likeness (QED) is 0.598. The summed E-state index contributed by atoms with van der Waals surface area (Å²) in [6.07, 6.45) is 5.03. The zero-order valence-corrected chi connectivity index (χ0v) is 12.2. The summed E-state index contributed by atoms with van der Waals surface area (Å²) in [4.78, 5) is 12.0. The fraction of sp³-hybridized carbons (Fsp3) is 0.467. The number of hydrogen-bond acceptors (Lipinski definition) is 3. The van der Waals surface area contributed by atoms with E-state index in [1.54, 1.807) is 24.3 Å². The van der Waals surface area contributed by atoms with Gasteiger partial charge < -0.3 is 15.8 Å². The second-order valence-corrected chi connectivity index (χ2v) is 5.57. The monoisotopic (exact) mass is 292 g/mol. The van der Waals surface area contributed by atoms with Crippen molar-refractivity contribution in [3.05, 3.63) is 29.8 Å². The number of carbonyl (C=O) groups is 1. The molecular formula is C15H20N2O2S. The van der Waals surface area contributed by atoms with Gasteiger partial charge in [0.05, 0.1) is 0 Å². The molecule has 2 rings (SSSR count). The van der Waals surface area contributed by atoms with Gasteiger partial charge in [0.15, 0.2) is 0 Å². The van der Waals surface area contributed by atoms with Crippen LogP contribution in [0.25, 0.3) is 0 Å². The molecule has 0 atom stereocenters. The summed E-state index contributed by atoms with van der Waals surface area (Å²) in [5.41, 5.74) is 7.02. The average molecular weight is 292 g/mol. The number of ether oxygens (including phenoxy) is 1. The molecule has 1 aliphatic rings. The zero-order valence-electron chi connectivity index (χ0n) is 11.4. The van der Waals surface area contributed by atoms with Gasteiger partial charge in [-0.2, -0.15) is 0 Å². The zero-order chi connectivity index (χ0) is 14.4. The Morgan fingerprint density at radius 3 is 2.60 bits per heavy atom. The lowest BCUT2D eigenvalue weighted by Crippen LogP contribution is -2.20. The molecule has 108 valence electrons. The van der Waals surface area contributed by atoms with Crippen LogP contribution in [0.1, 0.15) is 31.2 Å². The molecule has 0 spiro atoms. The number of thiocarbonyl (C=S) groups is 1. The lowest BCUT2D eigenvalue weighted by molar-refractivity contribution is -0.120. The second kappa shape index (κ2) is 7.36. The maximum atomic E-state index is 11.7. The van der Waals surface area contributed by atoms with Gasteiger partial charge in [0.2, 0.25) is 5.91 Å². The standard InChI is InChI=1S/C15H20N2O2S/c16-15(20)12-4-6-13(7-5-12)17-14(18)10-19-9-8-11-2-1-3-11/h4-7,11H,1-3,8-10H2,(H2,16,20)(H,17,18). The molecule has 4 nitrogen and oxygen atoms in total. The molecule has 1 aromatic rings. The van der Waals surface area contributed by atoms with E-state index < -0.39 is 0 Å². The van der Waals surface area contributed by atoms with Crippen LogP contribution in [-0.2, 0) is 9.53 Å². The van der Waals surface area contributed by atoms with Crippen LogP contribution >= 0.6 is 12.2 Å². The van der Waals surface area contributed by atoms with Gasteiger partial charge in [-0.3, -0.25) is 4.79 Å². The van der Waals surface area contributed by atoms with Crippen molar-refractivity contribution in [1.82, 2.24) is 0 Å². The molecule has 20 heavy (non-hydrogen) atoms. The van der Waals surface area contributed by atoms with E-state index in [4.69, 9.17) is 22.7 Å². The first-order chi connectivity index (χ1) is 9.65. The molecule has 3 N–H and O–H groups in total. The van der Waals surface area contributed by atoms with Crippen molar-refractivity contribution < 1.29 is 9.53 Å². The van der Waals surface area contributed by atoms with Crippen molar-refractivity contribution in [1.29, 1.82) is 0 Å². The molecule has 0 aromatic heterocycles. The van der Waals surface area contributed by atoms with Crippen LogP contribution in [0, 0.1) is 5.92 Å². The Morgan fingerprint density at radius 2 is 2.05 bits per heavy atom. The highest BCUT2D eigenvalue weighted by Crippen LogP contribution is 2.29. The predicted octanol–water partition coefficient (Wildman–Crippen LogP) is 2.47. The Labute approximate surface area is 124 Å². The summed E-state index contributed by atoms with van der Waals surface area (Å²) >= 11 is 4.87. The van der Waals surface area contributed by atoms with E-state index in [0.717, 1.165) is 23.6 Å². The van der Waals surface area contributed by atoms with E-state index >= 15 is 0 Å². The minimum Gasteiger partial charge on any atom is -0.389 e. The van der Waals surface area contributed by atoms with E-state index in [9.17, 15) is 4.79 Å². The van der Waals surface area contributed by atoms with Gasteiger partial charge in [0.25, 0.3) is 0 Å². The minimum atomic E-state index is -0.137. The third kappa shape index (κ3) is 4.58. The number of nitrogens with one attached hydrogen (secondary N) is 1. The fourth-order valence-corrected chi connectivity index (χ4v) is 2.25. The molecule has 0 heterocycles. The molecule has 1 saturated carbocycles. The van der Waals surface area contributed by atoms with Crippen molar-refractivity contribution in [2.75, 3.05) is 18.5 Å². The van der Waals surface area contributed by atoms with Crippen LogP contribution in [0.3, 0.4) is 0 Å². The second-order valence-electron chi connectivity index (χ2n) is 5.13. The van der Waals surface area contributed by atoms with Gasteiger partial charge in [-0.15, -0.1) is 0 Å². The van der Waals surface area contributed by atoms with Crippen LogP contribution in [0.4, 0.5) is 5.69 Å². The SMILES string of the molecule is NC(=S)c1ccc(NC(=O)COCCC2CCC2)cc1. The van der Waals surface area contributed by atoms with Crippen LogP contribution in [0.5, 0.6) is 0 Å². The van der Waals surface area contributed by atoms with Gasteiger partial charge in [0, 0.05) is 17.9 Å². The van der Waals surface area contributed by atoms with Crippen molar-refractivity contribution in [3.8, 4) is 0 Å². The average Bonchev–Trinajstić information content (AvgIpc) is 2.37. The molecule has 1 amide bonds. The van der Waals surface area contributed by atoms with Crippen LogP contribution in [-0.4, -0.2) is 24.1 Å². The molecule has 1 aromatic carbocycles. The van der Waals surface area contributed by atoms with Crippen LogP contribution < -0.4 is 11.1 Å². The number of nitrogens with two attached hydrogens (primary N) is 1. The third-order valence-electron chi connectivity index (χ3n) is 3.58. The smallest absolute Gasteiger partial charge is 0.250 e. The summed E-state index contributed by atoms with van der Waals surface area (Å²) in [7, 11) is 0. The Balaban J connectivity index is 1.66. The number of amides is 1. The predicted molar refractivity (Wildman–Crippen MR) is 83.7 cm³/mol. The van der Waals surface area contributed by atoms with Gasteiger partial charge in [-0.05, 0) is 36.6 Å². The first kappa shape index (κ1) is 14.9. The lowest BCUT2D eigenvalue weighted by Gasteiger charge is -2.24. The summed E-state index contributed by atoms with van der Waals surface area (Å²) in [5, 5.41) is 2.78. The van der Waals surface area contributed by atoms with E-state index in [0.29, 0.717) is 11.6 Å². The lowest BCUT2D eigenvalue weighted by atomic mass is 9.83. The molecule has 0 aliphatic heterocycles. The molecule has 0 bridgehead atoms. The highest BCUT2D eigenvalue weighted by atomic mass is 32.1. The molecule has 0 saturated heterocycles. The number of benzene rings is 1. The third-order valence-corrected chi connectivity index (χ3v) is 3.82. The molecule has 1 aliphatic carbocycles. The van der Waals surface area contributed by atoms with Gasteiger partial charge >= 0.3 is 0 Å². The molecule has 0 unspecified atom stereocenters. The molecule has 0 radical (unpaired) electrons. The van der Waals surface area contributed by atoms with E-state index in [-0.39, 0.29) is 12.5 Å². The Hall–Kier alpha value is -1.46. The Bertz CT molecular complexity index is 469. The maximum absolute atomic E-state index is 11.7. The van der Waals surface area contributed by atoms with Crippen molar-refractivity contribution in [2.45, 2.75) is 25.7 Å². The van der Waals surface area contributed by atoms with Gasteiger partial charge in [-0.1, -0.05) is 31.5 Å². The minimum absolute atomic E-state index is 0.101. The number of carbonyl (C=O) groups excluding carboxylic acids is 1. The van der Waals surface area contributed by atoms with Crippen molar-refractivity contribution >= 4 is 28.8 Å². The van der Waals surface area contributed by atoms with Gasteiger partial charge in [0.1, 0.15) is 11.6 Å².